The molecule has 0 aromatic heterocycles. The lowest BCUT2D eigenvalue weighted by atomic mass is 9.88. The van der Waals surface area contributed by atoms with E-state index in [1.54, 1.807) is 38.5 Å². The molecule has 0 spiro atoms. The maximum atomic E-state index is 13.6. The lowest BCUT2D eigenvalue weighted by Crippen LogP contribution is -2.32. The largest absolute Gasteiger partial charge is 0.497 e. The first-order chi connectivity index (χ1) is 18.5. The van der Waals surface area contributed by atoms with Crippen molar-refractivity contribution in [3.05, 3.63) is 107 Å². The molecule has 4 rings (SSSR count). The number of likely N-dealkylation sites (tertiary alicyclic amines) is 1. The number of nitrogens with two attached hydrogens (primary N) is 1. The van der Waals surface area contributed by atoms with Gasteiger partial charge in [-0.1, -0.05) is 29.8 Å². The molecule has 0 amide bonds. The van der Waals surface area contributed by atoms with E-state index >= 15 is 0 Å². The molecule has 1 saturated heterocycles. The van der Waals surface area contributed by atoms with Crippen LogP contribution in [0.1, 0.15) is 30.4 Å². The van der Waals surface area contributed by atoms with Crippen molar-refractivity contribution in [1.82, 2.24) is 9.62 Å². The van der Waals surface area contributed by atoms with Crippen LogP contribution in [0.25, 0.3) is 5.57 Å². The van der Waals surface area contributed by atoms with Crippen molar-refractivity contribution in [1.29, 1.82) is 0 Å². The highest BCUT2D eigenvalue weighted by Crippen LogP contribution is 2.33. The predicted octanol–water partition coefficient (Wildman–Crippen LogP) is 6.37. The highest BCUT2D eigenvalue weighted by Gasteiger charge is 2.19. The zero-order valence-electron chi connectivity index (χ0n) is 21.7. The van der Waals surface area contributed by atoms with Gasteiger partial charge in [-0.15, -0.1) is 0 Å². The molecule has 8 heteroatoms. The molecule has 0 saturated carbocycles. The van der Waals surface area contributed by atoms with E-state index < -0.39 is 0 Å². The second kappa shape index (κ2) is 13.3. The smallest absolute Gasteiger partial charge is 0.137 e. The van der Waals surface area contributed by atoms with Crippen LogP contribution in [-0.2, 0) is 0 Å². The quantitative estimate of drug-likeness (QED) is 0.293. The Hall–Kier alpha value is -3.49. The van der Waals surface area contributed by atoms with Gasteiger partial charge in [0.1, 0.15) is 23.1 Å². The van der Waals surface area contributed by atoms with Gasteiger partial charge in [-0.25, -0.2) is 8.78 Å². The van der Waals surface area contributed by atoms with E-state index in [2.05, 4.69) is 9.62 Å². The van der Waals surface area contributed by atoms with Crippen LogP contribution in [-0.4, -0.2) is 38.8 Å². The first-order valence-corrected chi connectivity index (χ1v) is 13.3. The highest BCUT2D eigenvalue weighted by molar-refractivity contribution is 7.97. The molecule has 0 unspecified atom stereocenters. The van der Waals surface area contributed by atoms with Crippen LogP contribution >= 0.6 is 11.9 Å². The summed E-state index contributed by atoms with van der Waals surface area (Å²) in [7, 11) is 3.25. The predicted molar refractivity (Wildman–Crippen MR) is 150 cm³/mol. The van der Waals surface area contributed by atoms with Gasteiger partial charge in [-0.05, 0) is 77.9 Å². The van der Waals surface area contributed by atoms with E-state index in [9.17, 15) is 8.78 Å². The number of hydrogen-bond donors (Lipinski definition) is 2. The Morgan fingerprint density at radius 2 is 1.53 bits per heavy atom. The Bertz CT molecular complexity index is 1220. The Labute approximate surface area is 227 Å². The van der Waals surface area contributed by atoms with E-state index in [1.807, 2.05) is 24.4 Å². The van der Waals surface area contributed by atoms with Gasteiger partial charge in [0.2, 0.25) is 0 Å². The molecule has 200 valence electrons. The van der Waals surface area contributed by atoms with E-state index in [-0.39, 0.29) is 11.6 Å². The summed E-state index contributed by atoms with van der Waals surface area (Å²) >= 11 is 1.43. The van der Waals surface area contributed by atoms with E-state index in [4.69, 9.17) is 15.2 Å². The van der Waals surface area contributed by atoms with Crippen LogP contribution in [0.3, 0.4) is 0 Å². The molecule has 5 nitrogen and oxygen atoms in total. The molecule has 0 atom stereocenters. The number of benzene rings is 3. The monoisotopic (exact) mass is 537 g/mol. The second-order valence-corrected chi connectivity index (χ2v) is 9.92. The summed E-state index contributed by atoms with van der Waals surface area (Å²) in [5, 5.41) is 0. The summed E-state index contributed by atoms with van der Waals surface area (Å²) < 4.78 is 41.0. The lowest BCUT2D eigenvalue weighted by Gasteiger charge is -2.30. The Morgan fingerprint density at radius 1 is 0.921 bits per heavy atom. The summed E-state index contributed by atoms with van der Waals surface area (Å²) in [6, 6.07) is 18.7. The number of rotatable bonds is 10. The minimum absolute atomic E-state index is 0.270. The van der Waals surface area contributed by atoms with Crippen molar-refractivity contribution in [2.24, 2.45) is 5.73 Å². The molecule has 0 aliphatic carbocycles. The van der Waals surface area contributed by atoms with Gasteiger partial charge >= 0.3 is 0 Å². The third-order valence-electron chi connectivity index (χ3n) is 6.58. The average molecular weight is 538 g/mol. The van der Waals surface area contributed by atoms with Crippen molar-refractivity contribution < 1.29 is 18.3 Å². The van der Waals surface area contributed by atoms with Crippen LogP contribution in [0.5, 0.6) is 11.5 Å². The van der Waals surface area contributed by atoms with Gasteiger partial charge in [-0.3, -0.25) is 0 Å². The summed E-state index contributed by atoms with van der Waals surface area (Å²) in [4.78, 5) is 3.34. The number of piperidine rings is 1. The van der Waals surface area contributed by atoms with Gasteiger partial charge in [0, 0.05) is 44.0 Å². The topological polar surface area (TPSA) is 59.8 Å². The minimum atomic E-state index is -0.270. The van der Waals surface area contributed by atoms with Gasteiger partial charge < -0.3 is 24.8 Å². The molecule has 1 fully saturated rings. The number of hydrogen-bond acceptors (Lipinski definition) is 6. The Kier molecular flexibility index (Phi) is 9.67. The molecule has 3 aromatic rings. The highest BCUT2D eigenvalue weighted by atomic mass is 32.2. The number of halogens is 2. The fourth-order valence-corrected chi connectivity index (χ4v) is 5.21. The van der Waals surface area contributed by atoms with Gasteiger partial charge in [0.25, 0.3) is 0 Å². The van der Waals surface area contributed by atoms with Crippen molar-refractivity contribution in [3.8, 4) is 11.5 Å². The lowest BCUT2D eigenvalue weighted by molar-refractivity contribution is 0.259. The fraction of sp³-hybridized carbons (Fsp3) is 0.267. The molecular formula is C30H33F2N3O2S. The maximum absolute atomic E-state index is 13.6. The molecule has 1 aliphatic rings. The minimum Gasteiger partial charge on any atom is -0.497 e. The number of nitrogens with zero attached hydrogens (tertiary/aromatic N) is 1. The van der Waals surface area contributed by atoms with Crippen molar-refractivity contribution >= 4 is 17.5 Å². The average Bonchev–Trinajstić information content (AvgIpc) is 2.95. The van der Waals surface area contributed by atoms with Gasteiger partial charge in [0.15, 0.2) is 0 Å². The zero-order valence-corrected chi connectivity index (χ0v) is 22.5. The van der Waals surface area contributed by atoms with E-state index in [1.165, 1.54) is 41.8 Å². The third-order valence-corrected chi connectivity index (χ3v) is 7.37. The van der Waals surface area contributed by atoms with E-state index in [0.717, 1.165) is 77.7 Å². The van der Waals surface area contributed by atoms with Crippen LogP contribution in [0, 0.1) is 11.6 Å². The van der Waals surface area contributed by atoms with Gasteiger partial charge in [0.05, 0.1) is 19.1 Å². The molecule has 38 heavy (non-hydrogen) atoms. The van der Waals surface area contributed by atoms with Crippen molar-refractivity contribution in [2.45, 2.75) is 24.2 Å². The van der Waals surface area contributed by atoms with Crippen LogP contribution in [0.2, 0.25) is 0 Å². The Balaban J connectivity index is 1.34. The molecule has 1 aliphatic heterocycles. The van der Waals surface area contributed by atoms with Crippen molar-refractivity contribution in [2.75, 3.05) is 33.9 Å². The molecule has 0 bridgehead atoms. The number of ether oxygens (including phenoxy) is 2. The standard InChI is InChI=1S/C30H33F2N3O2S/c1-36-27-11-12-29(28(19-27)37-2)38-34-20-26(33)15-18-35-16-13-23(14-17-35)30(21-3-7-24(31)8-4-21)22-5-9-25(32)10-6-22/h3-12,19-20,34H,13-18,33H2,1-2H3/b26-20-. The maximum Gasteiger partial charge on any atom is 0.137 e. The zero-order chi connectivity index (χ0) is 26.9. The van der Waals surface area contributed by atoms with Crippen LogP contribution in [0.4, 0.5) is 8.78 Å². The summed E-state index contributed by atoms with van der Waals surface area (Å²) in [5.41, 5.74) is 11.3. The number of nitrogens with one attached hydrogen (secondary N) is 1. The summed E-state index contributed by atoms with van der Waals surface area (Å²) in [6.07, 6.45) is 4.35. The third kappa shape index (κ3) is 7.30. The fourth-order valence-electron chi connectivity index (χ4n) is 4.49. The SMILES string of the molecule is COc1ccc(SN/C=C(\N)CCN2CCC(=C(c3ccc(F)cc3)c3ccc(F)cc3)CC2)c(OC)c1. The molecule has 0 radical (unpaired) electrons. The van der Waals surface area contributed by atoms with Crippen LogP contribution < -0.4 is 19.9 Å². The summed E-state index contributed by atoms with van der Waals surface area (Å²) in [5.74, 6) is 0.928. The number of methoxy groups -OCH3 is 2. The van der Waals surface area contributed by atoms with Crippen LogP contribution in [0.15, 0.2) is 89.1 Å². The second-order valence-electron chi connectivity index (χ2n) is 9.04. The van der Waals surface area contributed by atoms with Gasteiger partial charge in [-0.2, -0.15) is 0 Å². The first-order valence-electron chi connectivity index (χ1n) is 12.5. The molecule has 3 aromatic carbocycles. The Morgan fingerprint density at radius 3 is 2.08 bits per heavy atom. The summed E-state index contributed by atoms with van der Waals surface area (Å²) in [6.45, 7) is 2.66. The normalized spacial score (nSPS) is 14.3. The molecule has 3 N–H and O–H groups in total. The molecular weight excluding hydrogens is 504 g/mol. The van der Waals surface area contributed by atoms with Crippen molar-refractivity contribution in [3.63, 3.8) is 0 Å². The first kappa shape index (κ1) is 27.5. The van der Waals surface area contributed by atoms with E-state index in [0.29, 0.717) is 0 Å². The molecule has 1 heterocycles.